The van der Waals surface area contributed by atoms with Crippen LogP contribution in [0.4, 0.5) is 0 Å². The van der Waals surface area contributed by atoms with Gasteiger partial charge in [0.1, 0.15) is 17.0 Å². The molecule has 2 heterocycles. The Hall–Kier alpha value is -1.20. The molecule has 0 spiro atoms. The van der Waals surface area contributed by atoms with Crippen LogP contribution in [0.1, 0.15) is 10.8 Å². The molecule has 0 aliphatic carbocycles. The van der Waals surface area contributed by atoms with E-state index in [-0.39, 0.29) is 0 Å². The van der Waals surface area contributed by atoms with Crippen LogP contribution >= 0.6 is 11.3 Å². The summed E-state index contributed by atoms with van der Waals surface area (Å²) in [5.74, 6) is 0.663. The van der Waals surface area contributed by atoms with Gasteiger partial charge < -0.3 is 10.2 Å². The van der Waals surface area contributed by atoms with Crippen LogP contribution in [0.3, 0.4) is 0 Å². The maximum atomic E-state index is 5.46. The Labute approximate surface area is 85.8 Å². The highest BCUT2D eigenvalue weighted by atomic mass is 32.1. The van der Waals surface area contributed by atoms with E-state index in [1.807, 2.05) is 13.1 Å². The van der Waals surface area contributed by atoms with E-state index in [9.17, 15) is 0 Å². The lowest BCUT2D eigenvalue weighted by molar-refractivity contribution is 0.521. The number of nitrogens with two attached hydrogens (primary N) is 1. The smallest absolute Gasteiger partial charge is 0.191 e. The molecular weight excluding hydrogens is 198 g/mol. The van der Waals surface area contributed by atoms with Crippen molar-refractivity contribution in [3.05, 3.63) is 23.2 Å². The minimum Gasteiger partial charge on any atom is -0.449 e. The molecule has 2 N–H and O–H groups in total. The molecule has 0 aromatic carbocycles. The molecule has 2 aromatic heterocycles. The van der Waals surface area contributed by atoms with Crippen LogP contribution in [0.5, 0.6) is 0 Å². The second-order valence-electron chi connectivity index (χ2n) is 2.92. The first kappa shape index (κ1) is 9.36. The van der Waals surface area contributed by atoms with Crippen LogP contribution in [-0.2, 0) is 6.42 Å². The van der Waals surface area contributed by atoms with E-state index >= 15 is 0 Å². The minimum atomic E-state index is 0.652. The number of thiazole rings is 1. The van der Waals surface area contributed by atoms with Gasteiger partial charge in [-0.05, 0) is 13.0 Å². The summed E-state index contributed by atoms with van der Waals surface area (Å²) in [6, 6.07) is 0. The third-order valence-corrected chi connectivity index (χ3v) is 2.86. The predicted octanol–water partition coefficient (Wildman–Crippen LogP) is 1.61. The van der Waals surface area contributed by atoms with Crippen molar-refractivity contribution in [3.63, 3.8) is 0 Å². The molecule has 0 aliphatic rings. The van der Waals surface area contributed by atoms with Gasteiger partial charge in [-0.1, -0.05) is 0 Å². The predicted molar refractivity (Wildman–Crippen MR) is 55.1 cm³/mol. The summed E-state index contributed by atoms with van der Waals surface area (Å²) in [4.78, 5) is 9.65. The summed E-state index contributed by atoms with van der Waals surface area (Å²) in [7, 11) is 0. The third-order valence-electron chi connectivity index (χ3n) is 1.78. The minimum absolute atomic E-state index is 0.652. The standard InChI is InChI=1S/C9H11N3OS/c1-6-12-8(5-13-6)9-11-4-7(14-9)2-3-10/h4-5H,2-3,10H2,1H3. The Bertz CT molecular complexity index is 421. The average molecular weight is 209 g/mol. The van der Waals surface area contributed by atoms with Crippen LogP contribution in [-0.4, -0.2) is 16.5 Å². The molecule has 0 fully saturated rings. The Kier molecular flexibility index (Phi) is 2.60. The van der Waals surface area contributed by atoms with Crippen molar-refractivity contribution in [2.24, 2.45) is 5.73 Å². The number of hydrogen-bond donors (Lipinski definition) is 1. The lowest BCUT2D eigenvalue weighted by atomic mass is 10.4. The second kappa shape index (κ2) is 3.89. The van der Waals surface area contributed by atoms with Crippen molar-refractivity contribution in [1.82, 2.24) is 9.97 Å². The number of rotatable bonds is 3. The van der Waals surface area contributed by atoms with E-state index in [2.05, 4.69) is 9.97 Å². The first-order valence-electron chi connectivity index (χ1n) is 4.37. The number of hydrogen-bond acceptors (Lipinski definition) is 5. The van der Waals surface area contributed by atoms with E-state index in [0.717, 1.165) is 17.1 Å². The molecular formula is C9H11N3OS. The molecule has 5 heteroatoms. The topological polar surface area (TPSA) is 64.9 Å². The van der Waals surface area contributed by atoms with Crippen LogP contribution in [0.15, 0.2) is 16.9 Å². The molecule has 14 heavy (non-hydrogen) atoms. The van der Waals surface area contributed by atoms with Crippen LogP contribution in [0.2, 0.25) is 0 Å². The molecule has 0 aliphatic heterocycles. The van der Waals surface area contributed by atoms with Crippen LogP contribution in [0, 0.1) is 6.92 Å². The van der Waals surface area contributed by atoms with Gasteiger partial charge in [-0.2, -0.15) is 0 Å². The molecule has 0 bridgehead atoms. The zero-order chi connectivity index (χ0) is 9.97. The summed E-state index contributed by atoms with van der Waals surface area (Å²) in [6.45, 7) is 2.47. The van der Waals surface area contributed by atoms with Gasteiger partial charge in [-0.25, -0.2) is 9.97 Å². The van der Waals surface area contributed by atoms with Gasteiger partial charge in [-0.15, -0.1) is 11.3 Å². The molecule has 0 saturated heterocycles. The van der Waals surface area contributed by atoms with Crippen LogP contribution in [0.25, 0.3) is 10.7 Å². The van der Waals surface area contributed by atoms with E-state index in [1.54, 1.807) is 17.6 Å². The Morgan fingerprint density at radius 1 is 1.57 bits per heavy atom. The summed E-state index contributed by atoms with van der Waals surface area (Å²) in [6.07, 6.45) is 4.34. The average Bonchev–Trinajstić information content (AvgIpc) is 2.74. The zero-order valence-corrected chi connectivity index (χ0v) is 8.67. The van der Waals surface area contributed by atoms with Gasteiger partial charge in [0.25, 0.3) is 0 Å². The highest BCUT2D eigenvalue weighted by Crippen LogP contribution is 2.24. The normalized spacial score (nSPS) is 10.7. The fourth-order valence-corrected chi connectivity index (χ4v) is 2.02. The van der Waals surface area contributed by atoms with E-state index in [0.29, 0.717) is 12.4 Å². The van der Waals surface area contributed by atoms with E-state index in [4.69, 9.17) is 10.2 Å². The van der Waals surface area contributed by atoms with Crippen molar-refractivity contribution < 1.29 is 4.42 Å². The molecule has 0 radical (unpaired) electrons. The fraction of sp³-hybridized carbons (Fsp3) is 0.333. The number of oxazole rings is 1. The van der Waals surface area contributed by atoms with Crippen molar-refractivity contribution in [1.29, 1.82) is 0 Å². The van der Waals surface area contributed by atoms with Crippen LogP contribution < -0.4 is 5.73 Å². The second-order valence-corrected chi connectivity index (χ2v) is 4.04. The third kappa shape index (κ3) is 1.83. The Morgan fingerprint density at radius 2 is 2.43 bits per heavy atom. The van der Waals surface area contributed by atoms with Crippen molar-refractivity contribution in [2.75, 3.05) is 6.54 Å². The molecule has 74 valence electrons. The molecule has 2 aromatic rings. The van der Waals surface area contributed by atoms with Gasteiger partial charge in [0.2, 0.25) is 0 Å². The highest BCUT2D eigenvalue weighted by Gasteiger charge is 2.07. The Morgan fingerprint density at radius 3 is 3.07 bits per heavy atom. The van der Waals surface area contributed by atoms with E-state index < -0.39 is 0 Å². The molecule has 2 rings (SSSR count). The summed E-state index contributed by atoms with van der Waals surface area (Å²) >= 11 is 1.61. The quantitative estimate of drug-likeness (QED) is 0.834. The first-order valence-corrected chi connectivity index (χ1v) is 5.18. The van der Waals surface area contributed by atoms with Crippen molar-refractivity contribution >= 4 is 11.3 Å². The van der Waals surface area contributed by atoms with Crippen molar-refractivity contribution in [3.8, 4) is 10.7 Å². The molecule has 0 amide bonds. The SMILES string of the molecule is Cc1nc(-c2ncc(CCN)s2)co1. The van der Waals surface area contributed by atoms with Crippen molar-refractivity contribution in [2.45, 2.75) is 13.3 Å². The lowest BCUT2D eigenvalue weighted by Gasteiger charge is -1.87. The summed E-state index contributed by atoms with van der Waals surface area (Å²) in [5, 5.41) is 0.894. The fourth-order valence-electron chi connectivity index (χ4n) is 1.15. The number of aryl methyl sites for hydroxylation is 1. The monoisotopic (exact) mass is 209 g/mol. The van der Waals surface area contributed by atoms with E-state index in [1.165, 1.54) is 4.88 Å². The largest absolute Gasteiger partial charge is 0.449 e. The zero-order valence-electron chi connectivity index (χ0n) is 7.86. The highest BCUT2D eigenvalue weighted by molar-refractivity contribution is 7.14. The van der Waals surface area contributed by atoms with Gasteiger partial charge in [0, 0.05) is 18.0 Å². The van der Waals surface area contributed by atoms with Gasteiger partial charge in [-0.3, -0.25) is 0 Å². The maximum absolute atomic E-state index is 5.46. The van der Waals surface area contributed by atoms with Gasteiger partial charge >= 0.3 is 0 Å². The number of nitrogens with zero attached hydrogens (tertiary/aromatic N) is 2. The molecule has 4 nitrogen and oxygen atoms in total. The summed E-state index contributed by atoms with van der Waals surface area (Å²) in [5.41, 5.74) is 6.26. The molecule has 0 saturated carbocycles. The molecule has 0 unspecified atom stereocenters. The number of aromatic nitrogens is 2. The summed E-state index contributed by atoms with van der Waals surface area (Å²) < 4.78 is 5.12. The Balaban J connectivity index is 2.24. The lowest BCUT2D eigenvalue weighted by Crippen LogP contribution is -2.00. The van der Waals surface area contributed by atoms with Gasteiger partial charge in [0.15, 0.2) is 5.89 Å². The first-order chi connectivity index (χ1) is 6.79. The maximum Gasteiger partial charge on any atom is 0.191 e. The van der Waals surface area contributed by atoms with Gasteiger partial charge in [0.05, 0.1) is 0 Å². The molecule has 0 atom stereocenters.